The van der Waals surface area contributed by atoms with E-state index >= 15 is 0 Å². The van der Waals surface area contributed by atoms with Gasteiger partial charge in [0.1, 0.15) is 11.4 Å². The van der Waals surface area contributed by atoms with Gasteiger partial charge >= 0.3 is 5.97 Å². The van der Waals surface area contributed by atoms with Crippen LogP contribution in [0.5, 0.6) is 0 Å². The average molecular weight is 298 g/mol. The number of ether oxygens (including phenoxy) is 1. The van der Waals surface area contributed by atoms with Crippen LogP contribution in [0.25, 0.3) is 11.1 Å². The molecule has 5 nitrogen and oxygen atoms in total. The molecule has 0 saturated carbocycles. The van der Waals surface area contributed by atoms with Crippen LogP contribution in [0.4, 0.5) is 5.82 Å². The van der Waals surface area contributed by atoms with Crippen LogP contribution >= 0.6 is 0 Å². The van der Waals surface area contributed by atoms with E-state index in [4.69, 9.17) is 4.74 Å². The summed E-state index contributed by atoms with van der Waals surface area (Å²) in [7, 11) is 1.36. The Labute approximate surface area is 129 Å². The third kappa shape index (κ3) is 2.80. The van der Waals surface area contributed by atoms with E-state index in [0.717, 1.165) is 11.1 Å². The van der Waals surface area contributed by atoms with Gasteiger partial charge in [0.15, 0.2) is 0 Å². The molecule has 1 aromatic carbocycles. The van der Waals surface area contributed by atoms with E-state index in [1.165, 1.54) is 7.11 Å². The summed E-state index contributed by atoms with van der Waals surface area (Å²) < 4.78 is 4.89. The lowest BCUT2D eigenvalue weighted by molar-refractivity contribution is 0.0601. The van der Waals surface area contributed by atoms with Crippen molar-refractivity contribution < 1.29 is 14.6 Å². The monoisotopic (exact) mass is 298 g/mol. The molecule has 5 heteroatoms. The van der Waals surface area contributed by atoms with Crippen molar-refractivity contribution in [3.05, 3.63) is 48.2 Å². The number of hydrogen-bond donors (Lipinski definition) is 1. The van der Waals surface area contributed by atoms with Crippen LogP contribution in [0.1, 0.15) is 16.8 Å². The maximum Gasteiger partial charge on any atom is 0.341 e. The zero-order valence-corrected chi connectivity index (χ0v) is 12.4. The Morgan fingerprint density at radius 3 is 2.73 bits per heavy atom. The van der Waals surface area contributed by atoms with E-state index in [1.54, 1.807) is 12.3 Å². The Morgan fingerprint density at radius 2 is 2.09 bits per heavy atom. The Morgan fingerprint density at radius 1 is 1.32 bits per heavy atom. The summed E-state index contributed by atoms with van der Waals surface area (Å²) in [6.07, 6.45) is 2.06. The summed E-state index contributed by atoms with van der Waals surface area (Å²) in [6.45, 7) is 1.17. The molecule has 0 bridgehead atoms. The van der Waals surface area contributed by atoms with Crippen molar-refractivity contribution in [1.82, 2.24) is 4.98 Å². The van der Waals surface area contributed by atoms with Gasteiger partial charge in [0.2, 0.25) is 0 Å². The fourth-order valence-corrected chi connectivity index (χ4v) is 2.69. The molecule has 1 saturated heterocycles. The molecule has 1 aromatic heterocycles. The lowest BCUT2D eigenvalue weighted by Crippen LogP contribution is -2.25. The third-order valence-electron chi connectivity index (χ3n) is 3.84. The van der Waals surface area contributed by atoms with Crippen molar-refractivity contribution >= 4 is 11.8 Å². The number of pyridine rings is 1. The number of aromatic nitrogens is 1. The molecule has 3 rings (SSSR count). The average Bonchev–Trinajstić information content (AvgIpc) is 3.00. The molecular weight excluding hydrogens is 280 g/mol. The number of aliphatic hydroxyl groups is 1. The number of esters is 1. The van der Waals surface area contributed by atoms with Gasteiger partial charge in [0.05, 0.1) is 13.2 Å². The van der Waals surface area contributed by atoms with Crippen molar-refractivity contribution in [2.24, 2.45) is 0 Å². The standard InChI is InChI=1S/C17H18N2O3/c1-22-17(21)15-9-13(12-5-3-2-4-6-12)10-18-16(15)19-8-7-14(20)11-19/h2-6,9-10,14,20H,7-8,11H2,1H3/t14-/m1/s1. The molecule has 1 N–H and O–H groups in total. The minimum atomic E-state index is -0.415. The first-order valence-corrected chi connectivity index (χ1v) is 7.26. The maximum absolute atomic E-state index is 12.1. The number of methoxy groups -OCH3 is 1. The first-order valence-electron chi connectivity index (χ1n) is 7.26. The Hall–Kier alpha value is -2.40. The number of carbonyl (C=O) groups is 1. The van der Waals surface area contributed by atoms with E-state index in [1.807, 2.05) is 35.2 Å². The van der Waals surface area contributed by atoms with Gasteiger partial charge in [-0.05, 0) is 18.1 Å². The number of β-amino-alcohol motifs (C(OH)–C–C–N with tert-alkyl or cyclic N) is 1. The molecule has 0 unspecified atom stereocenters. The highest BCUT2D eigenvalue weighted by molar-refractivity contribution is 5.96. The number of rotatable bonds is 3. The fraction of sp³-hybridized carbons (Fsp3) is 0.294. The van der Waals surface area contributed by atoms with Gasteiger partial charge in [-0.1, -0.05) is 30.3 Å². The summed E-state index contributed by atoms with van der Waals surface area (Å²) in [4.78, 5) is 18.5. The Balaban J connectivity index is 2.02. The summed E-state index contributed by atoms with van der Waals surface area (Å²) in [5.41, 5.74) is 2.29. The van der Waals surface area contributed by atoms with Crippen LogP contribution in [0.3, 0.4) is 0 Å². The van der Waals surface area contributed by atoms with Crippen molar-refractivity contribution in [2.75, 3.05) is 25.1 Å². The minimum Gasteiger partial charge on any atom is -0.465 e. The first kappa shape index (κ1) is 14.5. The molecule has 1 atom stereocenters. The van der Waals surface area contributed by atoms with Gasteiger partial charge in [0, 0.05) is 24.8 Å². The van der Waals surface area contributed by atoms with Gasteiger partial charge < -0.3 is 14.7 Å². The lowest BCUT2D eigenvalue weighted by Gasteiger charge is -2.19. The molecule has 1 fully saturated rings. The zero-order valence-electron chi connectivity index (χ0n) is 12.4. The molecule has 0 aliphatic carbocycles. The predicted octanol–water partition coefficient (Wildman–Crippen LogP) is 2.11. The third-order valence-corrected chi connectivity index (χ3v) is 3.84. The summed E-state index contributed by atoms with van der Waals surface area (Å²) >= 11 is 0. The lowest BCUT2D eigenvalue weighted by atomic mass is 10.1. The number of anilines is 1. The van der Waals surface area contributed by atoms with Crippen LogP contribution in [-0.4, -0.2) is 42.4 Å². The van der Waals surface area contributed by atoms with Crippen LogP contribution in [-0.2, 0) is 4.74 Å². The van der Waals surface area contributed by atoms with Gasteiger partial charge in [-0.2, -0.15) is 0 Å². The van der Waals surface area contributed by atoms with Gasteiger partial charge in [-0.15, -0.1) is 0 Å². The molecule has 0 amide bonds. The number of nitrogens with zero attached hydrogens (tertiary/aromatic N) is 2. The molecule has 114 valence electrons. The minimum absolute atomic E-state index is 0.374. The van der Waals surface area contributed by atoms with E-state index in [0.29, 0.717) is 30.9 Å². The molecular formula is C17H18N2O3. The molecule has 1 aliphatic heterocycles. The molecule has 2 heterocycles. The number of hydrogen-bond acceptors (Lipinski definition) is 5. The van der Waals surface area contributed by atoms with E-state index in [9.17, 15) is 9.90 Å². The predicted molar refractivity (Wildman–Crippen MR) is 83.8 cm³/mol. The van der Waals surface area contributed by atoms with Gasteiger partial charge in [-0.25, -0.2) is 9.78 Å². The summed E-state index contributed by atoms with van der Waals surface area (Å²) in [5, 5.41) is 9.69. The summed E-state index contributed by atoms with van der Waals surface area (Å²) in [6, 6.07) is 11.6. The molecule has 0 spiro atoms. The van der Waals surface area contributed by atoms with Crippen LogP contribution in [0.2, 0.25) is 0 Å². The van der Waals surface area contributed by atoms with E-state index < -0.39 is 5.97 Å². The van der Waals surface area contributed by atoms with Crippen LogP contribution < -0.4 is 4.90 Å². The SMILES string of the molecule is COC(=O)c1cc(-c2ccccc2)cnc1N1CC[C@@H](O)C1. The van der Waals surface area contributed by atoms with Crippen LogP contribution in [0, 0.1) is 0 Å². The highest BCUT2D eigenvalue weighted by Crippen LogP contribution is 2.28. The second-order valence-electron chi connectivity index (χ2n) is 5.34. The normalized spacial score (nSPS) is 17.5. The van der Waals surface area contributed by atoms with E-state index in [2.05, 4.69) is 4.98 Å². The maximum atomic E-state index is 12.1. The summed E-state index contributed by atoms with van der Waals surface area (Å²) in [5.74, 6) is 0.157. The van der Waals surface area contributed by atoms with Crippen molar-refractivity contribution in [1.29, 1.82) is 0 Å². The first-order chi connectivity index (χ1) is 10.7. The largest absolute Gasteiger partial charge is 0.465 e. The van der Waals surface area contributed by atoms with Crippen molar-refractivity contribution in [2.45, 2.75) is 12.5 Å². The topological polar surface area (TPSA) is 62.7 Å². The van der Waals surface area contributed by atoms with Crippen molar-refractivity contribution in [3.8, 4) is 11.1 Å². The zero-order chi connectivity index (χ0) is 15.5. The highest BCUT2D eigenvalue weighted by Gasteiger charge is 2.26. The molecule has 2 aromatic rings. The Bertz CT molecular complexity index is 673. The molecule has 1 aliphatic rings. The number of benzene rings is 1. The molecule has 0 radical (unpaired) electrons. The highest BCUT2D eigenvalue weighted by atomic mass is 16.5. The smallest absolute Gasteiger partial charge is 0.341 e. The van der Waals surface area contributed by atoms with Gasteiger partial charge in [0.25, 0.3) is 0 Å². The fourth-order valence-electron chi connectivity index (χ4n) is 2.69. The van der Waals surface area contributed by atoms with Crippen LogP contribution in [0.15, 0.2) is 42.6 Å². The molecule has 22 heavy (non-hydrogen) atoms. The van der Waals surface area contributed by atoms with E-state index in [-0.39, 0.29) is 6.10 Å². The second-order valence-corrected chi connectivity index (χ2v) is 5.34. The van der Waals surface area contributed by atoms with Crippen molar-refractivity contribution in [3.63, 3.8) is 0 Å². The quantitative estimate of drug-likeness (QED) is 0.879. The second kappa shape index (κ2) is 6.15. The Kier molecular flexibility index (Phi) is 4.06. The van der Waals surface area contributed by atoms with Gasteiger partial charge in [-0.3, -0.25) is 0 Å². The number of carbonyl (C=O) groups excluding carboxylic acids is 1. The number of aliphatic hydroxyl groups excluding tert-OH is 1.